The number of rotatable bonds is 3. The average Bonchev–Trinajstić information content (AvgIpc) is 2.45. The fourth-order valence-electron chi connectivity index (χ4n) is 1.58. The zero-order valence-electron chi connectivity index (χ0n) is 10.1. The average molecular weight is 258 g/mol. The Morgan fingerprint density at radius 2 is 2.16 bits per heavy atom. The van der Waals surface area contributed by atoms with Crippen molar-refractivity contribution in [1.82, 2.24) is 0 Å². The van der Waals surface area contributed by atoms with Gasteiger partial charge in [-0.25, -0.2) is 4.79 Å². The molecular weight excluding hydrogens is 248 g/mol. The van der Waals surface area contributed by atoms with Crippen molar-refractivity contribution in [3.63, 3.8) is 0 Å². The van der Waals surface area contributed by atoms with Gasteiger partial charge in [0.15, 0.2) is 6.29 Å². The molecule has 0 aliphatic rings. The number of fused-ring (bicyclic) bond motifs is 1. The molecule has 19 heavy (non-hydrogen) atoms. The van der Waals surface area contributed by atoms with E-state index >= 15 is 0 Å². The summed E-state index contributed by atoms with van der Waals surface area (Å²) < 4.78 is 9.64. The monoisotopic (exact) mass is 258 g/mol. The lowest BCUT2D eigenvalue weighted by molar-refractivity contribution is -0.134. The van der Waals surface area contributed by atoms with E-state index in [9.17, 15) is 14.4 Å². The fraction of sp³-hybridized carbons (Fsp3) is 0.0714. The summed E-state index contributed by atoms with van der Waals surface area (Å²) in [6.45, 7) is 0. The highest BCUT2D eigenvalue weighted by molar-refractivity contribution is 5.89. The lowest BCUT2D eigenvalue weighted by Crippen LogP contribution is -2.07. The minimum absolute atomic E-state index is 0.0402. The van der Waals surface area contributed by atoms with Crippen molar-refractivity contribution in [2.75, 3.05) is 7.11 Å². The summed E-state index contributed by atoms with van der Waals surface area (Å²) in [5.41, 5.74) is 0.574. The third-order valence-corrected chi connectivity index (χ3v) is 2.56. The van der Waals surface area contributed by atoms with E-state index in [0.717, 1.165) is 6.26 Å². The van der Waals surface area contributed by atoms with E-state index in [1.807, 2.05) is 0 Å². The van der Waals surface area contributed by atoms with Crippen molar-refractivity contribution in [3.8, 4) is 0 Å². The Kier molecular flexibility index (Phi) is 3.56. The minimum atomic E-state index is -0.492. The first-order valence-corrected chi connectivity index (χ1v) is 5.42. The summed E-state index contributed by atoms with van der Waals surface area (Å²) in [6.07, 6.45) is 4.33. The molecule has 0 bridgehead atoms. The Labute approximate surface area is 108 Å². The highest BCUT2D eigenvalue weighted by Gasteiger charge is 2.06. The minimum Gasteiger partial charge on any atom is -0.466 e. The van der Waals surface area contributed by atoms with Crippen LogP contribution < -0.4 is 5.43 Å². The largest absolute Gasteiger partial charge is 0.466 e. The van der Waals surface area contributed by atoms with Crippen LogP contribution in [0.4, 0.5) is 0 Å². The second kappa shape index (κ2) is 5.30. The lowest BCUT2D eigenvalue weighted by atomic mass is 10.1. The van der Waals surface area contributed by atoms with Gasteiger partial charge in [-0.1, -0.05) is 6.07 Å². The molecule has 0 spiro atoms. The maximum Gasteiger partial charge on any atom is 0.330 e. The second-order valence-corrected chi connectivity index (χ2v) is 3.75. The Morgan fingerprint density at radius 3 is 2.84 bits per heavy atom. The van der Waals surface area contributed by atoms with Crippen molar-refractivity contribution in [2.45, 2.75) is 0 Å². The predicted molar refractivity (Wildman–Crippen MR) is 68.9 cm³/mol. The van der Waals surface area contributed by atoms with E-state index in [-0.39, 0.29) is 10.9 Å². The molecule has 96 valence electrons. The molecule has 0 aliphatic heterocycles. The number of hydrogen-bond acceptors (Lipinski definition) is 5. The van der Waals surface area contributed by atoms with Crippen molar-refractivity contribution in [2.24, 2.45) is 0 Å². The Bertz CT molecular complexity index is 724. The van der Waals surface area contributed by atoms with Crippen LogP contribution in [-0.4, -0.2) is 19.4 Å². The van der Waals surface area contributed by atoms with Gasteiger partial charge >= 0.3 is 5.97 Å². The number of esters is 1. The molecular formula is C14H10O5. The molecule has 0 amide bonds. The van der Waals surface area contributed by atoms with Crippen molar-refractivity contribution in [1.29, 1.82) is 0 Å². The summed E-state index contributed by atoms with van der Waals surface area (Å²) in [6, 6.07) is 4.83. The van der Waals surface area contributed by atoms with Crippen LogP contribution in [0.2, 0.25) is 0 Å². The number of carbonyl (C=O) groups excluding carboxylic acids is 2. The summed E-state index contributed by atoms with van der Waals surface area (Å²) in [4.78, 5) is 33.6. The molecule has 0 atom stereocenters. The van der Waals surface area contributed by atoms with Gasteiger partial charge in [0.1, 0.15) is 11.8 Å². The molecule has 5 heteroatoms. The van der Waals surface area contributed by atoms with Crippen LogP contribution in [0.3, 0.4) is 0 Å². The highest BCUT2D eigenvalue weighted by atomic mass is 16.5. The maximum absolute atomic E-state index is 11.9. The Morgan fingerprint density at radius 1 is 1.37 bits per heavy atom. The first-order chi connectivity index (χ1) is 9.15. The van der Waals surface area contributed by atoms with E-state index < -0.39 is 11.4 Å². The highest BCUT2D eigenvalue weighted by Crippen LogP contribution is 2.14. The van der Waals surface area contributed by atoms with Crippen LogP contribution in [0.1, 0.15) is 15.9 Å². The van der Waals surface area contributed by atoms with Crippen LogP contribution in [-0.2, 0) is 9.53 Å². The van der Waals surface area contributed by atoms with Gasteiger partial charge in [0.25, 0.3) is 0 Å². The Balaban J connectivity index is 2.53. The van der Waals surface area contributed by atoms with Crippen LogP contribution in [0, 0.1) is 0 Å². The van der Waals surface area contributed by atoms with E-state index in [1.165, 1.54) is 19.3 Å². The summed E-state index contributed by atoms with van der Waals surface area (Å²) in [5, 5.41) is 0.289. The number of aldehydes is 1. The molecule has 1 aromatic heterocycles. The number of carbonyl (C=O) groups is 2. The van der Waals surface area contributed by atoms with Crippen LogP contribution >= 0.6 is 0 Å². The molecule has 0 saturated heterocycles. The van der Waals surface area contributed by atoms with E-state index in [1.54, 1.807) is 18.2 Å². The van der Waals surface area contributed by atoms with Crippen molar-refractivity contribution in [3.05, 3.63) is 51.9 Å². The zero-order chi connectivity index (χ0) is 13.8. The van der Waals surface area contributed by atoms with Gasteiger partial charge in [-0.3, -0.25) is 9.59 Å². The maximum atomic E-state index is 11.9. The standard InChI is InChI=1S/C14H10O5/c1-18-13(16)5-3-9-2-4-12-11(6-9)14(17)10(7-15)8-19-12/h2-8H,1H3. The quantitative estimate of drug-likeness (QED) is 0.476. The molecule has 1 heterocycles. The van der Waals surface area contributed by atoms with Gasteiger partial charge in [-0.05, 0) is 23.8 Å². The number of benzene rings is 1. The number of methoxy groups -OCH3 is 1. The molecule has 0 saturated carbocycles. The number of ether oxygens (including phenoxy) is 1. The second-order valence-electron chi connectivity index (χ2n) is 3.75. The predicted octanol–water partition coefficient (Wildman–Crippen LogP) is 1.79. The fourth-order valence-corrected chi connectivity index (χ4v) is 1.58. The lowest BCUT2D eigenvalue weighted by Gasteiger charge is -1.99. The number of hydrogen-bond donors (Lipinski definition) is 0. The first-order valence-electron chi connectivity index (χ1n) is 5.42. The molecule has 0 radical (unpaired) electrons. The molecule has 0 N–H and O–H groups in total. The van der Waals surface area contributed by atoms with Gasteiger partial charge in [0.2, 0.25) is 5.43 Å². The van der Waals surface area contributed by atoms with Gasteiger partial charge < -0.3 is 9.15 Å². The van der Waals surface area contributed by atoms with E-state index in [4.69, 9.17) is 4.42 Å². The van der Waals surface area contributed by atoms with Crippen molar-refractivity contribution >= 4 is 29.3 Å². The van der Waals surface area contributed by atoms with Crippen LogP contribution in [0.5, 0.6) is 0 Å². The smallest absolute Gasteiger partial charge is 0.330 e. The molecule has 0 unspecified atom stereocenters. The summed E-state index contributed by atoms with van der Waals surface area (Å²) in [7, 11) is 1.28. The SMILES string of the molecule is COC(=O)C=Cc1ccc2occ(C=O)c(=O)c2c1. The van der Waals surface area contributed by atoms with Crippen molar-refractivity contribution < 1.29 is 18.7 Å². The Hall–Kier alpha value is -2.69. The van der Waals surface area contributed by atoms with Gasteiger partial charge in [0.05, 0.1) is 18.1 Å². The normalized spacial score (nSPS) is 10.8. The molecule has 1 aromatic carbocycles. The van der Waals surface area contributed by atoms with Gasteiger partial charge in [0, 0.05) is 6.08 Å². The van der Waals surface area contributed by atoms with E-state index in [0.29, 0.717) is 17.4 Å². The molecule has 0 fully saturated rings. The van der Waals surface area contributed by atoms with E-state index in [2.05, 4.69) is 4.74 Å². The first kappa shape index (κ1) is 12.8. The molecule has 0 aliphatic carbocycles. The van der Waals surface area contributed by atoms with Gasteiger partial charge in [-0.2, -0.15) is 0 Å². The summed E-state index contributed by atoms with van der Waals surface area (Å²) in [5.74, 6) is -0.492. The van der Waals surface area contributed by atoms with Gasteiger partial charge in [-0.15, -0.1) is 0 Å². The third-order valence-electron chi connectivity index (χ3n) is 2.56. The zero-order valence-corrected chi connectivity index (χ0v) is 10.1. The molecule has 5 nitrogen and oxygen atoms in total. The molecule has 2 aromatic rings. The summed E-state index contributed by atoms with van der Waals surface area (Å²) >= 11 is 0. The van der Waals surface area contributed by atoms with Crippen LogP contribution in [0.15, 0.2) is 39.7 Å². The third kappa shape index (κ3) is 2.60. The molecule has 2 rings (SSSR count). The topological polar surface area (TPSA) is 73.6 Å². The van der Waals surface area contributed by atoms with Crippen LogP contribution in [0.25, 0.3) is 17.0 Å².